The molecule has 2 amide bonds. The summed E-state index contributed by atoms with van der Waals surface area (Å²) in [6.45, 7) is 2.63. The van der Waals surface area contributed by atoms with Crippen LogP contribution >= 0.6 is 0 Å². The van der Waals surface area contributed by atoms with Gasteiger partial charge < -0.3 is 11.1 Å². The average Bonchev–Trinajstić information content (AvgIpc) is 2.68. The van der Waals surface area contributed by atoms with Gasteiger partial charge in [0.25, 0.3) is 0 Å². The van der Waals surface area contributed by atoms with Crippen molar-refractivity contribution in [2.24, 2.45) is 28.9 Å². The highest BCUT2D eigenvalue weighted by Gasteiger charge is 2.58. The standard InChI is InChI=1S/C22H28F3N3O4S/c1-20(2,28-33(31,32)16-6-4-3-5-15(16)22(23,24)25)19(30)27-17-13-7-12-8-14(17)11-21(9-12,10-13)18(26)29/h3-6,12-14,17,28H,7-11H2,1-2H3,(H2,26,29)(H,27,30)/t12-,13?,14?,17+,21?. The van der Waals surface area contributed by atoms with Crippen LogP contribution in [0.1, 0.15) is 51.5 Å². The molecule has 4 N–H and O–H groups in total. The predicted octanol–water partition coefficient (Wildman–Crippen LogP) is 2.56. The van der Waals surface area contributed by atoms with E-state index in [2.05, 4.69) is 10.0 Å². The summed E-state index contributed by atoms with van der Waals surface area (Å²) in [4.78, 5) is 24.3. The quantitative estimate of drug-likeness (QED) is 0.572. The van der Waals surface area contributed by atoms with E-state index >= 15 is 0 Å². The maximum Gasteiger partial charge on any atom is 0.417 e. The Balaban J connectivity index is 1.51. The van der Waals surface area contributed by atoms with E-state index in [9.17, 15) is 31.2 Å². The maximum atomic E-state index is 13.3. The second-order valence-corrected chi connectivity index (χ2v) is 12.0. The van der Waals surface area contributed by atoms with Crippen molar-refractivity contribution in [1.82, 2.24) is 10.0 Å². The van der Waals surface area contributed by atoms with Crippen LogP contribution in [0.5, 0.6) is 0 Å². The van der Waals surface area contributed by atoms with Gasteiger partial charge in [-0.15, -0.1) is 0 Å². The Morgan fingerprint density at radius 1 is 1.06 bits per heavy atom. The van der Waals surface area contributed by atoms with Crippen molar-refractivity contribution in [3.63, 3.8) is 0 Å². The molecule has 5 rings (SSSR count). The van der Waals surface area contributed by atoms with Crippen LogP contribution in [-0.4, -0.2) is 31.8 Å². The number of hydrogen-bond donors (Lipinski definition) is 3. The van der Waals surface area contributed by atoms with Gasteiger partial charge in [0.15, 0.2) is 0 Å². The summed E-state index contributed by atoms with van der Waals surface area (Å²) in [6, 6.07) is 3.61. The maximum absolute atomic E-state index is 13.3. The van der Waals surface area contributed by atoms with Gasteiger partial charge in [0, 0.05) is 11.5 Å². The summed E-state index contributed by atoms with van der Waals surface area (Å²) in [5.41, 5.74) is 2.16. The molecule has 0 spiro atoms. The van der Waals surface area contributed by atoms with Gasteiger partial charge in [-0.05, 0) is 75.8 Å². The minimum absolute atomic E-state index is 0.0612. The lowest BCUT2D eigenvalue weighted by molar-refractivity contribution is -0.148. The number of carbonyl (C=O) groups excluding carboxylic acids is 2. The number of amides is 2. The normalized spacial score (nSPS) is 31.4. The molecular weight excluding hydrogens is 459 g/mol. The topological polar surface area (TPSA) is 118 Å². The summed E-state index contributed by atoms with van der Waals surface area (Å²) in [7, 11) is -4.65. The van der Waals surface area contributed by atoms with Gasteiger partial charge in [0.05, 0.1) is 10.5 Å². The first-order valence-electron chi connectivity index (χ1n) is 11.0. The van der Waals surface area contributed by atoms with E-state index in [4.69, 9.17) is 5.73 Å². The average molecular weight is 488 g/mol. The molecule has 182 valence electrons. The van der Waals surface area contributed by atoms with E-state index in [-0.39, 0.29) is 23.8 Å². The van der Waals surface area contributed by atoms with Crippen molar-refractivity contribution < 1.29 is 31.2 Å². The van der Waals surface area contributed by atoms with Crippen molar-refractivity contribution in [2.75, 3.05) is 0 Å². The van der Waals surface area contributed by atoms with Gasteiger partial charge in [-0.25, -0.2) is 8.42 Å². The first-order valence-corrected chi connectivity index (χ1v) is 12.4. The van der Waals surface area contributed by atoms with Crippen LogP contribution in [0, 0.1) is 23.2 Å². The summed E-state index contributed by atoms with van der Waals surface area (Å²) in [6.07, 6.45) is -1.19. The largest absolute Gasteiger partial charge is 0.417 e. The molecule has 4 aliphatic rings. The molecule has 1 aromatic carbocycles. The number of alkyl halides is 3. The number of rotatable bonds is 6. The molecule has 4 saturated carbocycles. The first-order chi connectivity index (χ1) is 15.1. The zero-order valence-electron chi connectivity index (χ0n) is 18.4. The Bertz CT molecular complexity index is 1070. The molecule has 0 heterocycles. The molecule has 0 saturated heterocycles. The second kappa shape index (κ2) is 7.69. The van der Waals surface area contributed by atoms with E-state index < -0.39 is 43.5 Å². The molecule has 2 unspecified atom stereocenters. The summed E-state index contributed by atoms with van der Waals surface area (Å²) < 4.78 is 67.8. The lowest BCUT2D eigenvalue weighted by atomic mass is 9.47. The lowest BCUT2D eigenvalue weighted by Crippen LogP contribution is -2.65. The van der Waals surface area contributed by atoms with Crippen molar-refractivity contribution in [3.8, 4) is 0 Å². The highest BCUT2D eigenvalue weighted by Crippen LogP contribution is 2.60. The fourth-order valence-electron chi connectivity index (χ4n) is 6.27. The minimum Gasteiger partial charge on any atom is -0.369 e. The van der Waals surface area contributed by atoms with Crippen LogP contribution in [0.2, 0.25) is 0 Å². The fraction of sp³-hybridized carbons (Fsp3) is 0.636. The number of hydrogen-bond acceptors (Lipinski definition) is 4. The summed E-state index contributed by atoms with van der Waals surface area (Å²) in [5, 5.41) is 2.94. The van der Waals surface area contributed by atoms with Gasteiger partial charge in [-0.3, -0.25) is 9.59 Å². The Labute approximate surface area is 190 Å². The Morgan fingerprint density at radius 3 is 2.18 bits per heavy atom. The molecule has 2 atom stereocenters. The van der Waals surface area contributed by atoms with Gasteiger partial charge in [-0.1, -0.05) is 12.1 Å². The van der Waals surface area contributed by atoms with Crippen LogP contribution in [0.25, 0.3) is 0 Å². The van der Waals surface area contributed by atoms with Crippen LogP contribution in [-0.2, 0) is 25.8 Å². The number of sulfonamides is 1. The van der Waals surface area contributed by atoms with Gasteiger partial charge in [0.1, 0.15) is 5.54 Å². The molecule has 4 bridgehead atoms. The highest BCUT2D eigenvalue weighted by atomic mass is 32.2. The number of nitrogens with two attached hydrogens (primary N) is 1. The molecule has 0 aromatic heterocycles. The van der Waals surface area contributed by atoms with Crippen molar-refractivity contribution >= 4 is 21.8 Å². The molecule has 33 heavy (non-hydrogen) atoms. The Hall–Kier alpha value is -2.14. The third kappa shape index (κ3) is 4.25. The number of primary amides is 1. The molecule has 1 aromatic rings. The SMILES string of the molecule is CC(C)(NS(=O)(=O)c1ccccc1C(F)(F)F)C(=O)N[C@H]1C2CC3(C(N)=O)CC1C[C@@H](C2)C3. The molecule has 4 aliphatic carbocycles. The molecule has 0 radical (unpaired) electrons. The van der Waals surface area contributed by atoms with Gasteiger partial charge in [0.2, 0.25) is 21.8 Å². The smallest absolute Gasteiger partial charge is 0.369 e. The highest BCUT2D eigenvalue weighted by molar-refractivity contribution is 7.89. The van der Waals surface area contributed by atoms with Gasteiger partial charge >= 0.3 is 6.18 Å². The lowest BCUT2D eigenvalue weighted by Gasteiger charge is -2.59. The van der Waals surface area contributed by atoms with E-state index in [0.29, 0.717) is 24.8 Å². The third-order valence-corrected chi connectivity index (χ3v) is 9.25. The minimum atomic E-state index is -4.87. The monoisotopic (exact) mass is 487 g/mol. The van der Waals surface area contributed by atoms with Crippen LogP contribution in [0.4, 0.5) is 13.2 Å². The van der Waals surface area contributed by atoms with Crippen LogP contribution < -0.4 is 15.8 Å². The molecule has 7 nitrogen and oxygen atoms in total. The number of halogens is 3. The molecule has 4 fully saturated rings. The molecule has 11 heteroatoms. The van der Waals surface area contributed by atoms with E-state index in [1.165, 1.54) is 19.9 Å². The van der Waals surface area contributed by atoms with E-state index in [1.54, 1.807) is 0 Å². The number of benzene rings is 1. The Kier molecular flexibility index (Phi) is 5.59. The van der Waals surface area contributed by atoms with Crippen molar-refractivity contribution in [3.05, 3.63) is 29.8 Å². The second-order valence-electron chi connectivity index (χ2n) is 10.3. The van der Waals surface area contributed by atoms with Gasteiger partial charge in [-0.2, -0.15) is 17.9 Å². The van der Waals surface area contributed by atoms with Crippen molar-refractivity contribution in [1.29, 1.82) is 0 Å². The van der Waals surface area contributed by atoms with Crippen molar-refractivity contribution in [2.45, 2.75) is 68.6 Å². The van der Waals surface area contributed by atoms with Crippen LogP contribution in [0.15, 0.2) is 29.2 Å². The molecule has 0 aliphatic heterocycles. The number of nitrogens with one attached hydrogen (secondary N) is 2. The third-order valence-electron chi connectivity index (χ3n) is 7.53. The number of carbonyl (C=O) groups is 2. The van der Waals surface area contributed by atoms with Crippen LogP contribution in [0.3, 0.4) is 0 Å². The fourth-order valence-corrected chi connectivity index (χ4v) is 7.87. The zero-order chi connectivity index (χ0) is 24.4. The molecular formula is C22H28F3N3O4S. The summed E-state index contributed by atoms with van der Waals surface area (Å²) >= 11 is 0. The predicted molar refractivity (Wildman–Crippen MR) is 113 cm³/mol. The zero-order valence-corrected chi connectivity index (χ0v) is 19.2. The Morgan fingerprint density at radius 2 is 1.64 bits per heavy atom. The van der Waals surface area contributed by atoms with E-state index in [0.717, 1.165) is 31.4 Å². The van der Waals surface area contributed by atoms with E-state index in [1.807, 2.05) is 0 Å². The summed E-state index contributed by atoms with van der Waals surface area (Å²) in [5.74, 6) is -0.421. The first kappa shape index (κ1) is 24.0.